The molecule has 4 heteroatoms. The molecule has 20 heavy (non-hydrogen) atoms. The highest BCUT2D eigenvalue weighted by Crippen LogP contribution is 2.27. The fourth-order valence-corrected chi connectivity index (χ4v) is 3.64. The van der Waals surface area contributed by atoms with Crippen LogP contribution in [0.5, 0.6) is 0 Å². The molecule has 0 aliphatic carbocycles. The van der Waals surface area contributed by atoms with E-state index in [0.717, 1.165) is 19.3 Å². The minimum atomic E-state index is -3.01. The van der Waals surface area contributed by atoms with Crippen LogP contribution in [0.3, 0.4) is 0 Å². The van der Waals surface area contributed by atoms with Gasteiger partial charge in [-0.05, 0) is 48.6 Å². The van der Waals surface area contributed by atoms with Gasteiger partial charge in [-0.15, -0.1) is 0 Å². The van der Waals surface area contributed by atoms with Gasteiger partial charge in [-0.2, -0.15) is 0 Å². The fraction of sp³-hybridized carbons (Fsp3) is 0.625. The SMILES string of the molecule is CCc1cc(CC)c(C(CS(C)(=O)=O)NC)c(CC)c1. The van der Waals surface area contributed by atoms with Crippen LogP contribution in [-0.4, -0.2) is 27.5 Å². The molecule has 0 aliphatic heterocycles. The maximum atomic E-state index is 11.7. The second-order valence-electron chi connectivity index (χ2n) is 5.32. The Morgan fingerprint density at radius 1 is 1.05 bits per heavy atom. The van der Waals surface area contributed by atoms with Crippen molar-refractivity contribution in [3.8, 4) is 0 Å². The molecule has 1 rings (SSSR count). The zero-order valence-electron chi connectivity index (χ0n) is 13.3. The van der Waals surface area contributed by atoms with Crippen molar-refractivity contribution < 1.29 is 8.42 Å². The van der Waals surface area contributed by atoms with E-state index in [4.69, 9.17) is 0 Å². The topological polar surface area (TPSA) is 46.2 Å². The Labute approximate surface area is 123 Å². The van der Waals surface area contributed by atoms with Gasteiger partial charge in [0.05, 0.1) is 5.75 Å². The number of sulfone groups is 1. The van der Waals surface area contributed by atoms with E-state index in [2.05, 4.69) is 38.2 Å². The summed E-state index contributed by atoms with van der Waals surface area (Å²) >= 11 is 0. The molecule has 1 unspecified atom stereocenters. The molecule has 0 saturated carbocycles. The monoisotopic (exact) mass is 297 g/mol. The van der Waals surface area contributed by atoms with E-state index in [1.165, 1.54) is 28.5 Å². The molecule has 0 aliphatic rings. The van der Waals surface area contributed by atoms with E-state index in [9.17, 15) is 8.42 Å². The van der Waals surface area contributed by atoms with Crippen molar-refractivity contribution in [3.63, 3.8) is 0 Å². The predicted molar refractivity (Wildman–Crippen MR) is 86.1 cm³/mol. The molecule has 0 heterocycles. The number of hydrogen-bond donors (Lipinski definition) is 1. The van der Waals surface area contributed by atoms with Gasteiger partial charge in [0.25, 0.3) is 0 Å². The molecule has 3 nitrogen and oxygen atoms in total. The van der Waals surface area contributed by atoms with Gasteiger partial charge < -0.3 is 5.32 Å². The average molecular weight is 297 g/mol. The Morgan fingerprint density at radius 3 is 1.85 bits per heavy atom. The van der Waals surface area contributed by atoms with Crippen molar-refractivity contribution in [2.45, 2.75) is 46.1 Å². The molecular formula is C16H27NO2S. The van der Waals surface area contributed by atoms with Crippen LogP contribution in [0.1, 0.15) is 49.1 Å². The zero-order valence-corrected chi connectivity index (χ0v) is 14.1. The van der Waals surface area contributed by atoms with Crippen molar-refractivity contribution in [1.29, 1.82) is 0 Å². The standard InChI is InChI=1S/C16H27NO2S/c1-6-12-9-13(7-2)16(14(8-3)10-12)15(17-4)11-20(5,18)19/h9-10,15,17H,6-8,11H2,1-5H3. The van der Waals surface area contributed by atoms with E-state index >= 15 is 0 Å². The lowest BCUT2D eigenvalue weighted by Gasteiger charge is -2.23. The third-order valence-electron chi connectivity index (χ3n) is 3.75. The van der Waals surface area contributed by atoms with Gasteiger partial charge in [0.1, 0.15) is 9.84 Å². The summed E-state index contributed by atoms with van der Waals surface area (Å²) < 4.78 is 23.3. The Hall–Kier alpha value is -0.870. The Morgan fingerprint density at radius 2 is 1.55 bits per heavy atom. The summed E-state index contributed by atoms with van der Waals surface area (Å²) in [4.78, 5) is 0. The highest BCUT2D eigenvalue weighted by molar-refractivity contribution is 7.90. The summed E-state index contributed by atoms with van der Waals surface area (Å²) in [7, 11) is -1.18. The molecule has 0 spiro atoms. The van der Waals surface area contributed by atoms with Crippen LogP contribution in [0.25, 0.3) is 0 Å². The van der Waals surface area contributed by atoms with Gasteiger partial charge in [0, 0.05) is 12.3 Å². The third kappa shape index (κ3) is 4.32. The highest BCUT2D eigenvalue weighted by atomic mass is 32.2. The molecule has 1 N–H and O–H groups in total. The minimum absolute atomic E-state index is 0.124. The van der Waals surface area contributed by atoms with E-state index in [1.807, 2.05) is 7.05 Å². The first-order valence-corrected chi connectivity index (χ1v) is 9.41. The van der Waals surface area contributed by atoms with Crippen molar-refractivity contribution >= 4 is 9.84 Å². The summed E-state index contributed by atoms with van der Waals surface area (Å²) in [6, 6.07) is 4.32. The first-order valence-electron chi connectivity index (χ1n) is 7.35. The lowest BCUT2D eigenvalue weighted by molar-refractivity contribution is 0.576. The summed E-state index contributed by atoms with van der Waals surface area (Å²) in [5.41, 5.74) is 5.05. The zero-order chi connectivity index (χ0) is 15.3. The van der Waals surface area contributed by atoms with Gasteiger partial charge in [-0.25, -0.2) is 8.42 Å². The number of hydrogen-bond acceptors (Lipinski definition) is 3. The van der Waals surface area contributed by atoms with Crippen LogP contribution in [0, 0.1) is 0 Å². The molecule has 1 atom stereocenters. The van der Waals surface area contributed by atoms with Crippen molar-refractivity contribution in [1.82, 2.24) is 5.32 Å². The fourth-order valence-electron chi connectivity index (χ4n) is 2.70. The Balaban J connectivity index is 3.39. The summed E-state index contributed by atoms with van der Waals surface area (Å²) in [6.07, 6.45) is 4.17. The van der Waals surface area contributed by atoms with Crippen LogP contribution in [0.4, 0.5) is 0 Å². The molecule has 114 valence electrons. The lowest BCUT2D eigenvalue weighted by atomic mass is 9.90. The first kappa shape index (κ1) is 17.2. The number of rotatable bonds is 7. The van der Waals surface area contributed by atoms with Crippen LogP contribution in [0.15, 0.2) is 12.1 Å². The van der Waals surface area contributed by atoms with E-state index in [0.29, 0.717) is 0 Å². The summed E-state index contributed by atoms with van der Waals surface area (Å²) in [5.74, 6) is 0.148. The first-order chi connectivity index (χ1) is 9.36. The quantitative estimate of drug-likeness (QED) is 0.841. The smallest absolute Gasteiger partial charge is 0.149 e. The minimum Gasteiger partial charge on any atom is -0.312 e. The van der Waals surface area contributed by atoms with Gasteiger partial charge in [-0.1, -0.05) is 32.9 Å². The van der Waals surface area contributed by atoms with E-state index in [-0.39, 0.29) is 11.8 Å². The summed E-state index contributed by atoms with van der Waals surface area (Å²) in [5, 5.41) is 3.18. The van der Waals surface area contributed by atoms with Crippen molar-refractivity contribution in [2.24, 2.45) is 0 Å². The second kappa shape index (κ2) is 7.23. The maximum Gasteiger partial charge on any atom is 0.149 e. The highest BCUT2D eigenvalue weighted by Gasteiger charge is 2.21. The number of nitrogens with one attached hydrogen (secondary N) is 1. The molecule has 0 amide bonds. The molecule has 1 aromatic rings. The molecular weight excluding hydrogens is 270 g/mol. The predicted octanol–water partition coefficient (Wildman–Crippen LogP) is 2.68. The van der Waals surface area contributed by atoms with Crippen LogP contribution >= 0.6 is 0 Å². The van der Waals surface area contributed by atoms with E-state index < -0.39 is 9.84 Å². The second-order valence-corrected chi connectivity index (χ2v) is 7.51. The molecule has 0 bridgehead atoms. The van der Waals surface area contributed by atoms with E-state index in [1.54, 1.807) is 0 Å². The molecule has 0 radical (unpaired) electrons. The molecule has 0 fully saturated rings. The molecule has 0 aromatic heterocycles. The van der Waals surface area contributed by atoms with Gasteiger partial charge in [-0.3, -0.25) is 0 Å². The van der Waals surface area contributed by atoms with Crippen LogP contribution in [0.2, 0.25) is 0 Å². The largest absolute Gasteiger partial charge is 0.312 e. The average Bonchev–Trinajstić information content (AvgIpc) is 2.42. The van der Waals surface area contributed by atoms with Gasteiger partial charge in [0.15, 0.2) is 0 Å². The number of benzene rings is 1. The lowest BCUT2D eigenvalue weighted by Crippen LogP contribution is -2.27. The van der Waals surface area contributed by atoms with Crippen LogP contribution < -0.4 is 5.32 Å². The number of aryl methyl sites for hydroxylation is 3. The van der Waals surface area contributed by atoms with Crippen molar-refractivity contribution in [2.75, 3.05) is 19.1 Å². The van der Waals surface area contributed by atoms with Gasteiger partial charge >= 0.3 is 0 Å². The third-order valence-corrected chi connectivity index (χ3v) is 4.69. The molecule has 1 aromatic carbocycles. The van der Waals surface area contributed by atoms with Gasteiger partial charge in [0.2, 0.25) is 0 Å². The molecule has 0 saturated heterocycles. The Kier molecular flexibility index (Phi) is 6.21. The van der Waals surface area contributed by atoms with Crippen LogP contribution in [-0.2, 0) is 29.1 Å². The normalized spacial score (nSPS) is 13.4. The summed E-state index contributed by atoms with van der Waals surface area (Å²) in [6.45, 7) is 6.41. The Bertz CT molecular complexity index is 525. The van der Waals surface area contributed by atoms with Crippen molar-refractivity contribution in [3.05, 3.63) is 34.4 Å². The maximum absolute atomic E-state index is 11.7.